The lowest BCUT2D eigenvalue weighted by Crippen LogP contribution is -2.42. The van der Waals surface area contributed by atoms with Crippen molar-refractivity contribution in [3.05, 3.63) is 108 Å². The van der Waals surface area contributed by atoms with Gasteiger partial charge in [-0.25, -0.2) is 9.97 Å². The van der Waals surface area contributed by atoms with Gasteiger partial charge in [0.05, 0.1) is 11.7 Å². The summed E-state index contributed by atoms with van der Waals surface area (Å²) in [6.07, 6.45) is 12.1. The number of aromatic nitrogens is 4. The number of fused-ring (bicyclic) bond motifs is 1. The van der Waals surface area contributed by atoms with Crippen LogP contribution >= 0.6 is 0 Å². The summed E-state index contributed by atoms with van der Waals surface area (Å²) < 4.78 is 0. The lowest BCUT2D eigenvalue weighted by Gasteiger charge is -2.33. The smallest absolute Gasteiger partial charge is 0.115 e. The molecule has 3 N–H and O–H groups in total. The van der Waals surface area contributed by atoms with Gasteiger partial charge in [0.2, 0.25) is 0 Å². The van der Waals surface area contributed by atoms with Crippen LogP contribution in [0.4, 0.5) is 0 Å². The molecule has 28 heavy (non-hydrogen) atoms. The summed E-state index contributed by atoms with van der Waals surface area (Å²) in [6.45, 7) is 0. The SMILES string of the molecule is NC1NC(c2ccncc2)(c2cccc(-c3cncnc3)c2)c2cnccc21. The lowest BCUT2D eigenvalue weighted by atomic mass is 9.78. The number of nitrogens with one attached hydrogen (secondary N) is 1. The monoisotopic (exact) mass is 366 g/mol. The van der Waals surface area contributed by atoms with Gasteiger partial charge in [-0.2, -0.15) is 0 Å². The molecule has 0 radical (unpaired) electrons. The molecule has 0 bridgehead atoms. The normalized spacial score (nSPS) is 20.7. The van der Waals surface area contributed by atoms with E-state index < -0.39 is 5.54 Å². The third kappa shape index (κ3) is 2.51. The van der Waals surface area contributed by atoms with Crippen molar-refractivity contribution in [3.8, 4) is 11.1 Å². The van der Waals surface area contributed by atoms with Crippen molar-refractivity contribution < 1.29 is 0 Å². The van der Waals surface area contributed by atoms with Crippen LogP contribution in [0.5, 0.6) is 0 Å². The number of hydrogen-bond acceptors (Lipinski definition) is 6. The molecule has 0 aliphatic carbocycles. The van der Waals surface area contributed by atoms with Gasteiger partial charge in [-0.15, -0.1) is 0 Å². The fourth-order valence-corrected chi connectivity index (χ4v) is 4.00. The Labute approximate surface area is 162 Å². The summed E-state index contributed by atoms with van der Waals surface area (Å²) in [5, 5.41) is 3.62. The van der Waals surface area contributed by atoms with E-state index in [4.69, 9.17) is 5.73 Å². The van der Waals surface area contributed by atoms with Crippen LogP contribution in [-0.2, 0) is 5.54 Å². The van der Waals surface area contributed by atoms with Crippen molar-refractivity contribution in [2.75, 3.05) is 0 Å². The van der Waals surface area contributed by atoms with Crippen LogP contribution in [0.2, 0.25) is 0 Å². The molecular formula is C22H18N6. The number of pyridine rings is 2. The Morgan fingerprint density at radius 3 is 2.39 bits per heavy atom. The van der Waals surface area contributed by atoms with Crippen molar-refractivity contribution in [2.45, 2.75) is 11.7 Å². The van der Waals surface area contributed by atoms with E-state index in [2.05, 4.69) is 43.5 Å². The van der Waals surface area contributed by atoms with Gasteiger partial charge in [0.25, 0.3) is 0 Å². The Bertz CT molecular complexity index is 1120. The van der Waals surface area contributed by atoms with E-state index in [1.165, 1.54) is 6.33 Å². The molecule has 0 saturated heterocycles. The van der Waals surface area contributed by atoms with Gasteiger partial charge in [-0.1, -0.05) is 18.2 Å². The zero-order chi connectivity index (χ0) is 19.0. The Kier molecular flexibility index (Phi) is 3.93. The number of rotatable bonds is 3. The van der Waals surface area contributed by atoms with E-state index in [0.29, 0.717) is 0 Å². The first-order valence-corrected chi connectivity index (χ1v) is 9.03. The zero-order valence-electron chi connectivity index (χ0n) is 15.0. The third-order valence-corrected chi connectivity index (χ3v) is 5.27. The molecule has 0 saturated carbocycles. The topological polar surface area (TPSA) is 89.6 Å². The minimum absolute atomic E-state index is 0.296. The second kappa shape index (κ2) is 6.60. The molecule has 6 nitrogen and oxygen atoms in total. The molecule has 1 aromatic carbocycles. The summed E-state index contributed by atoms with van der Waals surface area (Å²) >= 11 is 0. The van der Waals surface area contributed by atoms with Crippen LogP contribution < -0.4 is 11.1 Å². The van der Waals surface area contributed by atoms with Crippen LogP contribution in [0.1, 0.15) is 28.4 Å². The molecule has 6 heteroatoms. The molecule has 4 heterocycles. The van der Waals surface area contributed by atoms with Gasteiger partial charge in [-0.05, 0) is 46.5 Å². The fraction of sp³-hybridized carbons (Fsp3) is 0.0909. The van der Waals surface area contributed by atoms with Crippen molar-refractivity contribution in [3.63, 3.8) is 0 Å². The standard InChI is InChI=1S/C22H18N6/c23-21-19-6-9-25-13-20(19)22(28-21,17-4-7-24-8-5-17)18-3-1-2-15(10-18)16-11-26-14-27-12-16/h1-14,21,28H,23H2. The molecule has 0 spiro atoms. The Balaban J connectivity index is 1.77. The molecule has 1 aliphatic heterocycles. The van der Waals surface area contributed by atoms with Crippen LogP contribution in [-0.4, -0.2) is 19.9 Å². The number of hydrogen-bond donors (Lipinski definition) is 2. The summed E-state index contributed by atoms with van der Waals surface area (Å²) in [7, 11) is 0. The molecule has 0 fully saturated rings. The maximum absolute atomic E-state index is 6.47. The summed E-state index contributed by atoms with van der Waals surface area (Å²) in [6, 6.07) is 14.4. The average molecular weight is 366 g/mol. The number of nitrogens with zero attached hydrogens (tertiary/aromatic N) is 4. The van der Waals surface area contributed by atoms with Gasteiger partial charge < -0.3 is 5.73 Å². The molecule has 4 aromatic rings. The first-order valence-electron chi connectivity index (χ1n) is 9.03. The Hall–Kier alpha value is -3.48. The fourth-order valence-electron chi connectivity index (χ4n) is 4.00. The second-order valence-electron chi connectivity index (χ2n) is 6.78. The van der Waals surface area contributed by atoms with Crippen LogP contribution in [0.15, 0.2) is 86.0 Å². The Morgan fingerprint density at radius 1 is 0.786 bits per heavy atom. The van der Waals surface area contributed by atoms with Crippen LogP contribution in [0, 0.1) is 0 Å². The summed E-state index contributed by atoms with van der Waals surface area (Å²) in [4.78, 5) is 16.9. The highest BCUT2D eigenvalue weighted by Gasteiger charge is 2.45. The molecule has 5 rings (SSSR count). The zero-order valence-corrected chi connectivity index (χ0v) is 15.0. The first-order chi connectivity index (χ1) is 13.8. The summed E-state index contributed by atoms with van der Waals surface area (Å²) in [5.74, 6) is 0. The van der Waals surface area contributed by atoms with Gasteiger partial charge in [0.15, 0.2) is 0 Å². The largest absolute Gasteiger partial charge is 0.312 e. The van der Waals surface area contributed by atoms with Gasteiger partial charge >= 0.3 is 0 Å². The minimum atomic E-state index is -0.613. The van der Waals surface area contributed by atoms with Crippen LogP contribution in [0.3, 0.4) is 0 Å². The quantitative estimate of drug-likeness (QED) is 0.579. The molecule has 0 amide bonds. The molecule has 136 valence electrons. The predicted molar refractivity (Wildman–Crippen MR) is 106 cm³/mol. The highest BCUT2D eigenvalue weighted by molar-refractivity contribution is 5.65. The molecule has 1 aliphatic rings. The number of benzene rings is 1. The van der Waals surface area contributed by atoms with Crippen molar-refractivity contribution >= 4 is 0 Å². The first kappa shape index (κ1) is 16.7. The number of nitrogens with two attached hydrogens (primary N) is 1. The van der Waals surface area contributed by atoms with E-state index in [1.54, 1.807) is 18.6 Å². The van der Waals surface area contributed by atoms with Gasteiger partial charge in [-0.3, -0.25) is 15.3 Å². The molecular weight excluding hydrogens is 348 g/mol. The molecule has 3 aromatic heterocycles. The maximum Gasteiger partial charge on any atom is 0.115 e. The summed E-state index contributed by atoms with van der Waals surface area (Å²) in [5.41, 5.74) is 12.1. The predicted octanol–water partition coefficient (Wildman–Crippen LogP) is 2.79. The minimum Gasteiger partial charge on any atom is -0.312 e. The molecule has 2 unspecified atom stereocenters. The maximum atomic E-state index is 6.47. The van der Waals surface area contributed by atoms with Gasteiger partial charge in [0.1, 0.15) is 6.33 Å². The highest BCUT2D eigenvalue weighted by Crippen LogP contribution is 2.45. The van der Waals surface area contributed by atoms with Crippen molar-refractivity contribution in [2.24, 2.45) is 5.73 Å². The van der Waals surface area contributed by atoms with Crippen LogP contribution in [0.25, 0.3) is 11.1 Å². The highest BCUT2D eigenvalue weighted by atomic mass is 15.1. The van der Waals surface area contributed by atoms with E-state index in [0.717, 1.165) is 33.4 Å². The van der Waals surface area contributed by atoms with E-state index in [9.17, 15) is 0 Å². The van der Waals surface area contributed by atoms with Crippen molar-refractivity contribution in [1.82, 2.24) is 25.3 Å². The van der Waals surface area contributed by atoms with Crippen molar-refractivity contribution in [1.29, 1.82) is 0 Å². The third-order valence-electron chi connectivity index (χ3n) is 5.27. The second-order valence-corrected chi connectivity index (χ2v) is 6.78. The van der Waals surface area contributed by atoms with E-state index in [-0.39, 0.29) is 6.17 Å². The average Bonchev–Trinajstić information content (AvgIpc) is 3.09. The molecule has 2 atom stereocenters. The Morgan fingerprint density at radius 2 is 1.57 bits per heavy atom. The van der Waals surface area contributed by atoms with E-state index in [1.807, 2.05) is 42.9 Å². The van der Waals surface area contributed by atoms with E-state index >= 15 is 0 Å². The van der Waals surface area contributed by atoms with Gasteiger partial charge in [0, 0.05) is 48.3 Å². The lowest BCUT2D eigenvalue weighted by molar-refractivity contribution is 0.455.